The Morgan fingerprint density at radius 1 is 1.79 bits per heavy atom. The van der Waals surface area contributed by atoms with Crippen LogP contribution in [0, 0.1) is 0 Å². The molecular weight excluding hydrogens is 180 g/mol. The number of anilines is 1. The van der Waals surface area contributed by atoms with Gasteiger partial charge in [-0.25, -0.2) is 9.78 Å². The van der Waals surface area contributed by atoms with Gasteiger partial charge in [0.15, 0.2) is 5.69 Å². The van der Waals surface area contributed by atoms with E-state index in [1.54, 1.807) is 30.2 Å². The number of carbonyl (C=O) groups is 1. The summed E-state index contributed by atoms with van der Waals surface area (Å²) in [5, 5.41) is 8.87. The topological polar surface area (TPSA) is 53.4 Å². The fourth-order valence-corrected chi connectivity index (χ4v) is 1.16. The first-order valence-electron chi connectivity index (χ1n) is 4.17. The number of aromatic nitrogens is 1. The van der Waals surface area contributed by atoms with Crippen LogP contribution in [0.15, 0.2) is 31.0 Å². The molecule has 0 aromatic carbocycles. The van der Waals surface area contributed by atoms with E-state index in [4.69, 9.17) is 5.11 Å². The Labute approximate surface area is 82.5 Å². The Balaban J connectivity index is 3.06. The van der Waals surface area contributed by atoms with E-state index >= 15 is 0 Å². The molecule has 0 bridgehead atoms. The third-order valence-electron chi connectivity index (χ3n) is 1.80. The number of pyridine rings is 1. The summed E-state index contributed by atoms with van der Waals surface area (Å²) in [6.45, 7) is 4.18. The van der Waals surface area contributed by atoms with Crippen LogP contribution in [0.5, 0.6) is 0 Å². The van der Waals surface area contributed by atoms with Gasteiger partial charge in [-0.15, -0.1) is 6.58 Å². The third kappa shape index (κ3) is 2.10. The van der Waals surface area contributed by atoms with E-state index in [1.807, 2.05) is 0 Å². The van der Waals surface area contributed by atoms with Gasteiger partial charge in [-0.3, -0.25) is 0 Å². The van der Waals surface area contributed by atoms with E-state index in [2.05, 4.69) is 11.6 Å². The lowest BCUT2D eigenvalue weighted by Gasteiger charge is -2.18. The van der Waals surface area contributed by atoms with Crippen LogP contribution < -0.4 is 4.90 Å². The molecule has 0 saturated carbocycles. The third-order valence-corrected chi connectivity index (χ3v) is 1.80. The minimum Gasteiger partial charge on any atom is -0.476 e. The highest BCUT2D eigenvalue weighted by atomic mass is 16.4. The lowest BCUT2D eigenvalue weighted by Crippen LogP contribution is -2.20. The number of hydrogen-bond acceptors (Lipinski definition) is 3. The monoisotopic (exact) mass is 192 g/mol. The molecule has 1 N–H and O–H groups in total. The molecule has 0 saturated heterocycles. The molecule has 0 aliphatic carbocycles. The fourth-order valence-electron chi connectivity index (χ4n) is 1.16. The molecule has 4 nitrogen and oxygen atoms in total. The number of nitrogens with zero attached hydrogens (tertiary/aromatic N) is 2. The zero-order valence-corrected chi connectivity index (χ0v) is 7.97. The molecule has 4 heteroatoms. The van der Waals surface area contributed by atoms with Gasteiger partial charge in [0, 0.05) is 19.8 Å². The average Bonchev–Trinajstić information content (AvgIpc) is 2.18. The van der Waals surface area contributed by atoms with Gasteiger partial charge >= 0.3 is 5.97 Å². The Morgan fingerprint density at radius 2 is 2.50 bits per heavy atom. The highest BCUT2D eigenvalue weighted by molar-refractivity contribution is 5.92. The van der Waals surface area contributed by atoms with Crippen molar-refractivity contribution in [3.8, 4) is 0 Å². The molecule has 1 aromatic rings. The molecule has 14 heavy (non-hydrogen) atoms. The summed E-state index contributed by atoms with van der Waals surface area (Å²) in [6, 6.07) is 3.43. The molecule has 0 aliphatic heterocycles. The van der Waals surface area contributed by atoms with Gasteiger partial charge < -0.3 is 10.0 Å². The van der Waals surface area contributed by atoms with Crippen LogP contribution >= 0.6 is 0 Å². The first kappa shape index (κ1) is 10.2. The van der Waals surface area contributed by atoms with Crippen molar-refractivity contribution in [2.45, 2.75) is 0 Å². The van der Waals surface area contributed by atoms with E-state index in [0.717, 1.165) is 0 Å². The number of aromatic carboxylic acids is 1. The Kier molecular flexibility index (Phi) is 3.23. The number of likely N-dealkylation sites (N-methyl/N-ethyl adjacent to an activating group) is 1. The van der Waals surface area contributed by atoms with E-state index in [0.29, 0.717) is 12.2 Å². The maximum absolute atomic E-state index is 10.8. The molecular formula is C10H12N2O2. The maximum atomic E-state index is 10.8. The number of carboxylic acids is 1. The smallest absolute Gasteiger partial charge is 0.356 e. The van der Waals surface area contributed by atoms with E-state index in [-0.39, 0.29) is 5.69 Å². The number of hydrogen-bond donors (Lipinski definition) is 1. The summed E-state index contributed by atoms with van der Waals surface area (Å²) >= 11 is 0. The van der Waals surface area contributed by atoms with Crippen LogP contribution in [-0.2, 0) is 0 Å². The summed E-state index contributed by atoms with van der Waals surface area (Å²) in [4.78, 5) is 16.4. The minimum absolute atomic E-state index is 0.0665. The molecule has 0 fully saturated rings. The second-order valence-electron chi connectivity index (χ2n) is 2.85. The van der Waals surface area contributed by atoms with Crippen LogP contribution in [0.25, 0.3) is 0 Å². The van der Waals surface area contributed by atoms with Gasteiger partial charge in [0.05, 0.1) is 5.69 Å². The maximum Gasteiger partial charge on any atom is 0.356 e. The van der Waals surface area contributed by atoms with Gasteiger partial charge in [-0.05, 0) is 12.1 Å². The minimum atomic E-state index is -1.02. The second kappa shape index (κ2) is 4.41. The highest BCUT2D eigenvalue weighted by Gasteiger charge is 2.12. The molecule has 74 valence electrons. The Bertz CT molecular complexity index is 350. The first-order chi connectivity index (χ1) is 6.66. The zero-order valence-electron chi connectivity index (χ0n) is 7.97. The molecule has 1 rings (SSSR count). The summed E-state index contributed by atoms with van der Waals surface area (Å²) in [7, 11) is 1.80. The van der Waals surface area contributed by atoms with Crippen molar-refractivity contribution in [2.24, 2.45) is 0 Å². The van der Waals surface area contributed by atoms with E-state index < -0.39 is 5.97 Å². The Hall–Kier alpha value is -1.84. The summed E-state index contributed by atoms with van der Waals surface area (Å²) in [5.41, 5.74) is 0.664. The molecule has 1 aromatic heterocycles. The summed E-state index contributed by atoms with van der Waals surface area (Å²) in [6.07, 6.45) is 3.17. The molecule has 0 atom stereocenters. The SMILES string of the molecule is C=CCN(C)c1cccnc1C(=O)O. The average molecular weight is 192 g/mol. The van der Waals surface area contributed by atoms with Gasteiger partial charge in [0.1, 0.15) is 0 Å². The normalized spacial score (nSPS) is 9.50. The van der Waals surface area contributed by atoms with Gasteiger partial charge in [0.25, 0.3) is 0 Å². The summed E-state index contributed by atoms with van der Waals surface area (Å²) in [5.74, 6) is -1.02. The Morgan fingerprint density at radius 3 is 3.07 bits per heavy atom. The van der Waals surface area contributed by atoms with Gasteiger partial charge in [-0.1, -0.05) is 6.08 Å². The van der Waals surface area contributed by atoms with Crippen LogP contribution in [0.3, 0.4) is 0 Å². The van der Waals surface area contributed by atoms with Crippen molar-refractivity contribution < 1.29 is 9.90 Å². The number of rotatable bonds is 4. The van der Waals surface area contributed by atoms with Crippen molar-refractivity contribution in [1.82, 2.24) is 4.98 Å². The first-order valence-corrected chi connectivity index (χ1v) is 4.17. The van der Waals surface area contributed by atoms with Crippen LogP contribution in [0.4, 0.5) is 5.69 Å². The standard InChI is InChI=1S/C10H12N2O2/c1-3-7-12(2)8-5-4-6-11-9(8)10(13)14/h3-6H,1,7H2,2H3,(H,13,14). The second-order valence-corrected chi connectivity index (χ2v) is 2.85. The molecule has 0 spiro atoms. The predicted octanol–water partition coefficient (Wildman–Crippen LogP) is 1.40. The lowest BCUT2D eigenvalue weighted by molar-refractivity contribution is 0.0691. The van der Waals surface area contributed by atoms with Crippen molar-refractivity contribution in [3.05, 3.63) is 36.7 Å². The van der Waals surface area contributed by atoms with Crippen LogP contribution in [-0.4, -0.2) is 29.7 Å². The van der Waals surface area contributed by atoms with Crippen molar-refractivity contribution in [1.29, 1.82) is 0 Å². The highest BCUT2D eigenvalue weighted by Crippen LogP contribution is 2.16. The van der Waals surface area contributed by atoms with Crippen molar-refractivity contribution >= 4 is 11.7 Å². The van der Waals surface area contributed by atoms with Crippen LogP contribution in [0.2, 0.25) is 0 Å². The molecule has 0 unspecified atom stereocenters. The van der Waals surface area contributed by atoms with Crippen LogP contribution in [0.1, 0.15) is 10.5 Å². The molecule has 0 amide bonds. The van der Waals surface area contributed by atoms with Crippen molar-refractivity contribution in [2.75, 3.05) is 18.5 Å². The molecule has 0 radical (unpaired) electrons. The summed E-state index contributed by atoms with van der Waals surface area (Å²) < 4.78 is 0. The van der Waals surface area contributed by atoms with Gasteiger partial charge in [-0.2, -0.15) is 0 Å². The number of carboxylic acid groups (broad SMARTS) is 1. The van der Waals surface area contributed by atoms with E-state index in [9.17, 15) is 4.79 Å². The fraction of sp³-hybridized carbons (Fsp3) is 0.200. The van der Waals surface area contributed by atoms with E-state index in [1.165, 1.54) is 6.20 Å². The molecule has 0 aliphatic rings. The quantitative estimate of drug-likeness (QED) is 0.733. The predicted molar refractivity (Wildman–Crippen MR) is 54.7 cm³/mol. The largest absolute Gasteiger partial charge is 0.476 e. The van der Waals surface area contributed by atoms with Gasteiger partial charge in [0.2, 0.25) is 0 Å². The zero-order chi connectivity index (χ0) is 10.6. The lowest BCUT2D eigenvalue weighted by atomic mass is 10.2. The van der Waals surface area contributed by atoms with Crippen molar-refractivity contribution in [3.63, 3.8) is 0 Å². The molecule has 1 heterocycles.